The standard InChI is InChI=1S/C13H21NO5/c1-4-10-14-13(7-17-10,8-18-11(15)5-2)9-19-12(16)6-3/h4-9H2,1-3H3. The maximum atomic E-state index is 11.2. The van der Waals surface area contributed by atoms with E-state index in [1.165, 1.54) is 0 Å². The third-order valence-corrected chi connectivity index (χ3v) is 2.75. The summed E-state index contributed by atoms with van der Waals surface area (Å²) in [4.78, 5) is 26.9. The van der Waals surface area contributed by atoms with E-state index in [0.29, 0.717) is 25.2 Å². The number of esters is 2. The Labute approximate surface area is 113 Å². The molecule has 0 aromatic rings. The van der Waals surface area contributed by atoms with Crippen molar-refractivity contribution in [1.82, 2.24) is 0 Å². The largest absolute Gasteiger partial charge is 0.478 e. The van der Waals surface area contributed by atoms with Crippen LogP contribution in [0.5, 0.6) is 0 Å². The topological polar surface area (TPSA) is 74.2 Å². The zero-order valence-electron chi connectivity index (χ0n) is 11.7. The molecule has 19 heavy (non-hydrogen) atoms. The van der Waals surface area contributed by atoms with Crippen molar-refractivity contribution in [2.45, 2.75) is 45.6 Å². The Morgan fingerprint density at radius 3 is 2.05 bits per heavy atom. The van der Waals surface area contributed by atoms with Gasteiger partial charge in [-0.25, -0.2) is 4.99 Å². The highest BCUT2D eigenvalue weighted by atomic mass is 16.6. The van der Waals surface area contributed by atoms with E-state index in [0.717, 1.165) is 0 Å². The van der Waals surface area contributed by atoms with Crippen LogP contribution in [0.3, 0.4) is 0 Å². The van der Waals surface area contributed by atoms with Crippen LogP contribution in [-0.2, 0) is 23.8 Å². The first-order chi connectivity index (χ1) is 9.05. The number of ether oxygens (including phenoxy) is 3. The fourth-order valence-electron chi connectivity index (χ4n) is 1.55. The van der Waals surface area contributed by atoms with Crippen LogP contribution in [0.25, 0.3) is 0 Å². The van der Waals surface area contributed by atoms with E-state index in [1.54, 1.807) is 13.8 Å². The fraction of sp³-hybridized carbons (Fsp3) is 0.769. The summed E-state index contributed by atoms with van der Waals surface area (Å²) in [5, 5.41) is 0. The second kappa shape index (κ2) is 7.11. The number of hydrogen-bond acceptors (Lipinski definition) is 6. The SMILES string of the molecule is CCC(=O)OCC1(COC(=O)CC)COC(CC)=N1. The molecule has 6 heteroatoms. The van der Waals surface area contributed by atoms with E-state index in [4.69, 9.17) is 14.2 Å². The average Bonchev–Trinajstić information content (AvgIpc) is 2.86. The minimum Gasteiger partial charge on any atom is -0.478 e. The summed E-state index contributed by atoms with van der Waals surface area (Å²) in [6, 6.07) is 0. The van der Waals surface area contributed by atoms with Gasteiger partial charge in [0.1, 0.15) is 19.8 Å². The number of rotatable bonds is 7. The number of nitrogens with zero attached hydrogens (tertiary/aromatic N) is 1. The lowest BCUT2D eigenvalue weighted by atomic mass is 10.1. The molecule has 0 amide bonds. The Balaban J connectivity index is 2.66. The van der Waals surface area contributed by atoms with Crippen LogP contribution < -0.4 is 0 Å². The van der Waals surface area contributed by atoms with Crippen LogP contribution in [0.15, 0.2) is 4.99 Å². The van der Waals surface area contributed by atoms with Crippen molar-refractivity contribution in [1.29, 1.82) is 0 Å². The molecule has 0 unspecified atom stereocenters. The Bertz CT molecular complexity index is 344. The smallest absolute Gasteiger partial charge is 0.305 e. The van der Waals surface area contributed by atoms with Crippen LogP contribution in [-0.4, -0.2) is 43.2 Å². The van der Waals surface area contributed by atoms with Crippen LogP contribution in [0.2, 0.25) is 0 Å². The van der Waals surface area contributed by atoms with Gasteiger partial charge in [0.2, 0.25) is 0 Å². The van der Waals surface area contributed by atoms with Crippen LogP contribution in [0, 0.1) is 0 Å². The predicted octanol–water partition coefficient (Wildman–Crippen LogP) is 1.47. The molecule has 0 aromatic heterocycles. The molecule has 0 fully saturated rings. The molecule has 0 radical (unpaired) electrons. The van der Waals surface area contributed by atoms with Crippen LogP contribution >= 0.6 is 0 Å². The van der Waals surface area contributed by atoms with Crippen molar-refractivity contribution < 1.29 is 23.8 Å². The van der Waals surface area contributed by atoms with Crippen molar-refractivity contribution >= 4 is 17.8 Å². The summed E-state index contributed by atoms with van der Waals surface area (Å²) in [5.74, 6) is -0.0113. The summed E-state index contributed by atoms with van der Waals surface area (Å²) in [6.07, 6.45) is 1.26. The lowest BCUT2D eigenvalue weighted by Crippen LogP contribution is -2.41. The van der Waals surface area contributed by atoms with Gasteiger partial charge >= 0.3 is 11.9 Å². The van der Waals surface area contributed by atoms with E-state index in [1.807, 2.05) is 6.92 Å². The molecule has 1 aliphatic rings. The minimum absolute atomic E-state index is 0.0696. The van der Waals surface area contributed by atoms with Gasteiger partial charge in [0, 0.05) is 19.3 Å². The Morgan fingerprint density at radius 2 is 1.68 bits per heavy atom. The zero-order chi connectivity index (χ0) is 14.3. The van der Waals surface area contributed by atoms with Crippen LogP contribution in [0.4, 0.5) is 0 Å². The minimum atomic E-state index is -0.791. The first kappa shape index (κ1) is 15.5. The van der Waals surface area contributed by atoms with Gasteiger partial charge in [-0.1, -0.05) is 20.8 Å². The lowest BCUT2D eigenvalue weighted by molar-refractivity contribution is -0.149. The molecule has 0 bridgehead atoms. The van der Waals surface area contributed by atoms with Gasteiger partial charge in [-0.05, 0) is 0 Å². The van der Waals surface area contributed by atoms with Crippen molar-refractivity contribution in [3.05, 3.63) is 0 Å². The molecule has 0 aromatic carbocycles. The number of hydrogen-bond donors (Lipinski definition) is 0. The molecule has 0 saturated carbocycles. The molecule has 0 spiro atoms. The van der Waals surface area contributed by atoms with Gasteiger partial charge in [0.15, 0.2) is 11.4 Å². The number of carbonyl (C=O) groups is 2. The van der Waals surface area contributed by atoms with Crippen molar-refractivity contribution in [2.24, 2.45) is 4.99 Å². The first-order valence-corrected chi connectivity index (χ1v) is 6.58. The highest BCUT2D eigenvalue weighted by molar-refractivity contribution is 5.78. The van der Waals surface area contributed by atoms with E-state index in [9.17, 15) is 9.59 Å². The van der Waals surface area contributed by atoms with Gasteiger partial charge in [-0.3, -0.25) is 9.59 Å². The number of aliphatic imine (C=N–C) groups is 1. The van der Waals surface area contributed by atoms with Crippen molar-refractivity contribution in [3.63, 3.8) is 0 Å². The predicted molar refractivity (Wildman–Crippen MR) is 68.9 cm³/mol. The second-order valence-corrected chi connectivity index (χ2v) is 4.40. The molecule has 0 N–H and O–H groups in total. The molecule has 0 atom stereocenters. The van der Waals surface area contributed by atoms with E-state index in [-0.39, 0.29) is 31.8 Å². The Kier molecular flexibility index (Phi) is 5.79. The molecular weight excluding hydrogens is 250 g/mol. The van der Waals surface area contributed by atoms with Gasteiger partial charge in [0.25, 0.3) is 0 Å². The molecule has 1 aliphatic heterocycles. The molecule has 1 heterocycles. The second-order valence-electron chi connectivity index (χ2n) is 4.40. The third-order valence-electron chi connectivity index (χ3n) is 2.75. The zero-order valence-corrected chi connectivity index (χ0v) is 11.7. The van der Waals surface area contributed by atoms with E-state index >= 15 is 0 Å². The van der Waals surface area contributed by atoms with Gasteiger partial charge in [-0.2, -0.15) is 0 Å². The fourth-order valence-corrected chi connectivity index (χ4v) is 1.55. The van der Waals surface area contributed by atoms with E-state index in [2.05, 4.69) is 4.99 Å². The third kappa shape index (κ3) is 4.54. The normalized spacial score (nSPS) is 16.5. The monoisotopic (exact) mass is 271 g/mol. The van der Waals surface area contributed by atoms with Gasteiger partial charge in [0.05, 0.1) is 0 Å². The van der Waals surface area contributed by atoms with Crippen LogP contribution in [0.1, 0.15) is 40.0 Å². The lowest BCUT2D eigenvalue weighted by Gasteiger charge is -2.23. The molecule has 6 nitrogen and oxygen atoms in total. The maximum Gasteiger partial charge on any atom is 0.305 e. The van der Waals surface area contributed by atoms with Crippen molar-refractivity contribution in [3.8, 4) is 0 Å². The summed E-state index contributed by atoms with van der Waals surface area (Å²) in [6.45, 7) is 5.77. The first-order valence-electron chi connectivity index (χ1n) is 6.58. The Hall–Kier alpha value is -1.59. The Morgan fingerprint density at radius 1 is 1.16 bits per heavy atom. The molecule has 0 saturated heterocycles. The molecule has 108 valence electrons. The maximum absolute atomic E-state index is 11.2. The molecule has 0 aliphatic carbocycles. The van der Waals surface area contributed by atoms with Gasteiger partial charge in [-0.15, -0.1) is 0 Å². The van der Waals surface area contributed by atoms with Gasteiger partial charge < -0.3 is 14.2 Å². The number of carbonyl (C=O) groups excluding carboxylic acids is 2. The molecule has 1 rings (SSSR count). The van der Waals surface area contributed by atoms with E-state index < -0.39 is 5.54 Å². The highest BCUT2D eigenvalue weighted by Gasteiger charge is 2.39. The summed E-state index contributed by atoms with van der Waals surface area (Å²) in [7, 11) is 0. The quantitative estimate of drug-likeness (QED) is 0.655. The summed E-state index contributed by atoms with van der Waals surface area (Å²) >= 11 is 0. The van der Waals surface area contributed by atoms with Crippen molar-refractivity contribution in [2.75, 3.05) is 19.8 Å². The summed E-state index contributed by atoms with van der Waals surface area (Å²) < 4.78 is 15.7. The highest BCUT2D eigenvalue weighted by Crippen LogP contribution is 2.22. The average molecular weight is 271 g/mol. The molecular formula is C13H21NO5. The summed E-state index contributed by atoms with van der Waals surface area (Å²) in [5.41, 5.74) is -0.791.